The highest BCUT2D eigenvalue weighted by molar-refractivity contribution is 7.22. The summed E-state index contributed by atoms with van der Waals surface area (Å²) in [6, 6.07) is 19.1. The molecule has 0 bridgehead atoms. The van der Waals surface area contributed by atoms with Crippen LogP contribution in [0.25, 0.3) is 42.9 Å². The smallest absolute Gasteiger partial charge is 0.416 e. The Morgan fingerprint density at radius 3 is 1.34 bits per heavy atom. The summed E-state index contributed by atoms with van der Waals surface area (Å²) in [5.74, 6) is 0.465. The second-order valence-electron chi connectivity index (χ2n) is 21.6. The number of rotatable bonds is 16. The third kappa shape index (κ3) is 15.8. The molecule has 2 fully saturated rings. The zero-order valence-electron chi connectivity index (χ0n) is 47.7. The van der Waals surface area contributed by atoms with Gasteiger partial charge >= 0.3 is 12.4 Å². The zero-order valence-corrected chi connectivity index (χ0v) is 49.4. The molecule has 0 radical (unpaired) electrons. The van der Waals surface area contributed by atoms with Gasteiger partial charge in [-0.25, -0.2) is 29.9 Å². The normalized spacial score (nSPS) is 15.9. The number of carbonyl (C=O) groups excluding carboxylic acids is 4. The average molecular weight is 1230 g/mol. The molecule has 4 amide bonds. The number of para-hydroxylation sites is 2. The number of hydrogen-bond donors (Lipinski definition) is 4. The summed E-state index contributed by atoms with van der Waals surface area (Å²) in [6.07, 6.45) is -1.79. The van der Waals surface area contributed by atoms with Crippen molar-refractivity contribution in [3.8, 4) is 45.8 Å². The van der Waals surface area contributed by atoms with Crippen LogP contribution in [0.5, 0.6) is 23.3 Å². The van der Waals surface area contributed by atoms with Gasteiger partial charge in [-0.15, -0.1) is 0 Å². The van der Waals surface area contributed by atoms with E-state index < -0.39 is 35.6 Å². The van der Waals surface area contributed by atoms with Crippen molar-refractivity contribution in [3.05, 3.63) is 109 Å². The molecule has 452 valence electrons. The summed E-state index contributed by atoms with van der Waals surface area (Å²) < 4.78 is 95.9. The highest BCUT2D eigenvalue weighted by Crippen LogP contribution is 2.41. The number of ether oxygens (including phenoxy) is 2. The lowest BCUT2D eigenvalue weighted by Crippen LogP contribution is -2.48. The van der Waals surface area contributed by atoms with Gasteiger partial charge in [0, 0.05) is 50.2 Å². The number of alkyl halides is 6. The summed E-state index contributed by atoms with van der Waals surface area (Å²) in [5.41, 5.74) is 0.369. The van der Waals surface area contributed by atoms with Crippen LogP contribution in [0.1, 0.15) is 91.2 Å². The number of nitrogens with zero attached hydrogens (tertiary/aromatic N) is 8. The molecule has 4 aromatic heterocycles. The van der Waals surface area contributed by atoms with Gasteiger partial charge in [-0.3, -0.25) is 29.0 Å². The molecule has 86 heavy (non-hydrogen) atoms. The molecule has 26 heteroatoms. The number of thiazole rings is 2. The monoisotopic (exact) mass is 1220 g/mol. The molecular weight excluding hydrogens is 1160 g/mol. The van der Waals surface area contributed by atoms with Gasteiger partial charge < -0.3 is 30.7 Å². The average Bonchev–Trinajstić information content (AvgIpc) is 1.50. The summed E-state index contributed by atoms with van der Waals surface area (Å²) in [5, 5.41) is 11.7. The van der Waals surface area contributed by atoms with Crippen LogP contribution in [-0.4, -0.2) is 102 Å². The first-order valence-electron chi connectivity index (χ1n) is 27.8. The molecule has 4 N–H and O–H groups in total. The van der Waals surface area contributed by atoms with Crippen LogP contribution in [0, 0.1) is 11.8 Å². The highest BCUT2D eigenvalue weighted by Gasteiger charge is 2.36. The van der Waals surface area contributed by atoms with Gasteiger partial charge in [0.1, 0.15) is 23.7 Å². The summed E-state index contributed by atoms with van der Waals surface area (Å²) >= 11 is 2.57. The largest absolute Gasteiger partial charge is 0.437 e. The number of hydrogen-bond acceptors (Lipinski definition) is 16. The Morgan fingerprint density at radius 1 is 0.558 bits per heavy atom. The summed E-state index contributed by atoms with van der Waals surface area (Å²) in [6.45, 7) is 14.0. The first kappa shape index (κ1) is 62.3. The Kier molecular flexibility index (Phi) is 19.6. The van der Waals surface area contributed by atoms with E-state index in [1.165, 1.54) is 73.4 Å². The van der Waals surface area contributed by atoms with E-state index in [-0.39, 0.29) is 58.2 Å². The number of halogens is 6. The predicted octanol–water partition coefficient (Wildman–Crippen LogP) is 13.9. The van der Waals surface area contributed by atoms with E-state index in [0.717, 1.165) is 85.5 Å². The molecule has 0 aliphatic carbocycles. The molecule has 0 unspecified atom stereocenters. The lowest BCUT2D eigenvalue weighted by atomic mass is 9.99. The number of likely N-dealkylation sites (tertiary alicyclic amines) is 2. The molecular formula is C60H62F6N12O6S2. The Bertz CT molecular complexity index is 3520. The molecule has 0 spiro atoms. The van der Waals surface area contributed by atoms with Gasteiger partial charge in [-0.05, 0) is 99.1 Å². The second kappa shape index (κ2) is 27.0. The van der Waals surface area contributed by atoms with Gasteiger partial charge in [0.2, 0.25) is 35.4 Å². The standard InChI is InChI=1S/2C30H31F3N6O3S/c2*1-17(2)15-39-12-5-4-7-23(39)28(41)37-22-13-19(30(31,32)33)10-11-20(22)21-14-26(35-16-34-21)42-24-8-6-9-25-27(24)38-29(43-25)36-18(3)40/h2*6,8-11,13-14,16-17,23H,4-5,7,12,15H2,1-3H3,(H,37,41)(H,36,38,40)/t2*23-/m10/s1. The van der Waals surface area contributed by atoms with Crippen LogP contribution in [0.15, 0.2) is 97.6 Å². The molecule has 18 nitrogen and oxygen atoms in total. The number of fused-ring (bicyclic) bond motifs is 2. The molecule has 2 aliphatic rings. The molecule has 2 aliphatic heterocycles. The van der Waals surface area contributed by atoms with Gasteiger partial charge in [0.25, 0.3) is 0 Å². The Labute approximate surface area is 499 Å². The van der Waals surface area contributed by atoms with Crippen LogP contribution in [0.3, 0.4) is 0 Å². The SMILES string of the molecule is CC(=O)Nc1nc2c(Oc3cc(-c4ccc(C(F)(F)F)cc4NC(=O)[C@@H]4CCCCN4CC(C)C)ncn3)cccc2s1.CC(=O)Nc1nc2c(Oc3cc(-c4ccc(C(F)(F)F)cc4NC(=O)[C@H]4CCCCN4CC(C)C)ncn3)cccc2s1. The molecule has 0 saturated carbocycles. The number of amides is 4. The number of carbonyl (C=O) groups is 4. The van der Waals surface area contributed by atoms with Crippen LogP contribution in [0.2, 0.25) is 0 Å². The first-order valence-corrected chi connectivity index (χ1v) is 29.5. The maximum atomic E-state index is 13.7. The van der Waals surface area contributed by atoms with Crippen molar-refractivity contribution in [2.75, 3.05) is 47.4 Å². The fourth-order valence-electron chi connectivity index (χ4n) is 10.2. The number of piperidine rings is 2. The number of nitrogens with one attached hydrogen (secondary N) is 4. The van der Waals surface area contributed by atoms with E-state index in [1.807, 2.05) is 12.1 Å². The zero-order chi connectivity index (χ0) is 61.5. The van der Waals surface area contributed by atoms with Crippen molar-refractivity contribution in [1.29, 1.82) is 0 Å². The van der Waals surface area contributed by atoms with E-state index in [2.05, 4.69) is 88.7 Å². The molecule has 2 atom stereocenters. The third-order valence-electron chi connectivity index (χ3n) is 13.8. The van der Waals surface area contributed by atoms with Crippen LogP contribution >= 0.6 is 22.7 Å². The van der Waals surface area contributed by atoms with Crippen LogP contribution < -0.4 is 30.7 Å². The fourth-order valence-corrected chi connectivity index (χ4v) is 12.1. The second-order valence-corrected chi connectivity index (χ2v) is 23.7. The van der Waals surface area contributed by atoms with Crippen molar-refractivity contribution in [1.82, 2.24) is 39.7 Å². The summed E-state index contributed by atoms with van der Waals surface area (Å²) in [7, 11) is 0. The van der Waals surface area contributed by atoms with Crippen LogP contribution in [-0.2, 0) is 31.5 Å². The molecule has 4 aromatic carbocycles. The Hall–Kier alpha value is -8.20. The van der Waals surface area contributed by atoms with Crippen molar-refractivity contribution in [3.63, 3.8) is 0 Å². The Balaban J connectivity index is 0.000000205. The minimum atomic E-state index is -4.60. The maximum absolute atomic E-state index is 13.7. The van der Waals surface area contributed by atoms with E-state index in [1.54, 1.807) is 24.3 Å². The van der Waals surface area contributed by atoms with Gasteiger partial charge in [0.15, 0.2) is 21.8 Å². The highest BCUT2D eigenvalue weighted by atomic mass is 32.1. The van der Waals surface area contributed by atoms with E-state index >= 15 is 0 Å². The van der Waals surface area contributed by atoms with Crippen molar-refractivity contribution in [2.45, 2.75) is 105 Å². The number of benzene rings is 4. The fraction of sp³-hybridized carbons (Fsp3) is 0.367. The number of aromatic nitrogens is 6. The van der Waals surface area contributed by atoms with Crippen molar-refractivity contribution in [2.24, 2.45) is 11.8 Å². The Morgan fingerprint density at radius 2 is 0.965 bits per heavy atom. The minimum absolute atomic E-state index is 0.00102. The van der Waals surface area contributed by atoms with E-state index in [0.29, 0.717) is 68.6 Å². The molecule has 6 heterocycles. The van der Waals surface area contributed by atoms with Crippen molar-refractivity contribution < 1.29 is 55.0 Å². The lowest BCUT2D eigenvalue weighted by molar-refractivity contribution is -0.138. The topological polar surface area (TPSA) is 219 Å². The predicted molar refractivity (Wildman–Crippen MR) is 318 cm³/mol. The molecule has 8 aromatic rings. The molecule has 2 saturated heterocycles. The maximum Gasteiger partial charge on any atom is 0.416 e. The third-order valence-corrected chi connectivity index (χ3v) is 15.7. The molecule has 10 rings (SSSR count). The van der Waals surface area contributed by atoms with Gasteiger partial charge in [-0.2, -0.15) is 26.3 Å². The van der Waals surface area contributed by atoms with E-state index in [4.69, 9.17) is 9.47 Å². The van der Waals surface area contributed by atoms with E-state index in [9.17, 15) is 45.5 Å². The van der Waals surface area contributed by atoms with Crippen molar-refractivity contribution >= 4 is 88.4 Å². The van der Waals surface area contributed by atoms with Gasteiger partial charge in [0.05, 0.1) is 55.4 Å². The first-order chi connectivity index (χ1) is 40.9. The minimum Gasteiger partial charge on any atom is -0.437 e. The van der Waals surface area contributed by atoms with Gasteiger partial charge in [-0.1, -0.05) is 87.5 Å². The lowest BCUT2D eigenvalue weighted by Gasteiger charge is -2.35. The number of anilines is 4. The van der Waals surface area contributed by atoms with Crippen LogP contribution in [0.4, 0.5) is 48.0 Å². The summed E-state index contributed by atoms with van der Waals surface area (Å²) in [4.78, 5) is 79.9. The quantitative estimate of drug-likeness (QED) is 0.0662.